The second-order valence-corrected chi connectivity index (χ2v) is 5.94. The van der Waals surface area contributed by atoms with E-state index in [2.05, 4.69) is 15.1 Å². The fourth-order valence-corrected chi connectivity index (χ4v) is 2.76. The summed E-state index contributed by atoms with van der Waals surface area (Å²) in [7, 11) is 4.08. The number of carbonyl (C=O) groups is 1. The Morgan fingerprint density at radius 1 is 1.30 bits per heavy atom. The zero-order chi connectivity index (χ0) is 14.4. The molecule has 0 aromatic carbocycles. The highest BCUT2D eigenvalue weighted by atomic mass is 16.5. The van der Waals surface area contributed by atoms with Gasteiger partial charge in [-0.15, -0.1) is 0 Å². The summed E-state index contributed by atoms with van der Waals surface area (Å²) in [6.45, 7) is 5.27. The van der Waals surface area contributed by atoms with Crippen LogP contribution in [0.2, 0.25) is 0 Å². The van der Waals surface area contributed by atoms with E-state index in [9.17, 15) is 4.79 Å². The quantitative estimate of drug-likeness (QED) is 0.741. The van der Waals surface area contributed by atoms with E-state index in [-0.39, 0.29) is 18.1 Å². The molecule has 2 heterocycles. The van der Waals surface area contributed by atoms with Crippen LogP contribution in [0.25, 0.3) is 0 Å². The second kappa shape index (κ2) is 7.93. The first-order valence-corrected chi connectivity index (χ1v) is 7.49. The number of amides is 1. The number of nitrogens with one attached hydrogen (secondary N) is 1. The predicted octanol–water partition coefficient (Wildman–Crippen LogP) is -0.456. The number of nitrogens with zero attached hydrogens (tertiary/aromatic N) is 2. The van der Waals surface area contributed by atoms with Crippen molar-refractivity contribution in [3.63, 3.8) is 0 Å². The first-order chi connectivity index (χ1) is 9.63. The summed E-state index contributed by atoms with van der Waals surface area (Å²) in [5, 5.41) is 3.11. The normalized spacial score (nSPS) is 25.9. The van der Waals surface area contributed by atoms with Gasteiger partial charge >= 0.3 is 0 Å². The Morgan fingerprint density at radius 3 is 2.75 bits per heavy atom. The molecular weight excluding hydrogens is 258 g/mol. The molecule has 0 radical (unpaired) electrons. The summed E-state index contributed by atoms with van der Waals surface area (Å²) in [5.74, 6) is 0.127. The molecule has 0 spiro atoms. The van der Waals surface area contributed by atoms with Crippen molar-refractivity contribution in [3.05, 3.63) is 0 Å². The molecule has 6 nitrogen and oxygen atoms in total. The molecule has 6 heteroatoms. The molecule has 0 saturated carbocycles. The molecule has 1 N–H and O–H groups in total. The molecule has 1 atom stereocenters. The van der Waals surface area contributed by atoms with Gasteiger partial charge < -0.3 is 19.7 Å². The molecule has 2 fully saturated rings. The Hall–Kier alpha value is -0.690. The first-order valence-electron chi connectivity index (χ1n) is 7.49. The standard InChI is InChI=1S/C14H27N3O3/c1-16(2)9-13-10-17(5-8-20-13)11-14(18)15-12-3-6-19-7-4-12/h12-13H,3-11H2,1-2H3,(H,15,18). The van der Waals surface area contributed by atoms with Crippen LogP contribution in [0, 0.1) is 0 Å². The summed E-state index contributed by atoms with van der Waals surface area (Å²) < 4.78 is 11.0. The third-order valence-corrected chi connectivity index (χ3v) is 3.75. The van der Waals surface area contributed by atoms with Crippen LogP contribution >= 0.6 is 0 Å². The number of carbonyl (C=O) groups excluding carboxylic acids is 1. The number of ether oxygens (including phenoxy) is 2. The van der Waals surface area contributed by atoms with Gasteiger partial charge in [-0.1, -0.05) is 0 Å². The summed E-state index contributed by atoms with van der Waals surface area (Å²) >= 11 is 0. The number of hydrogen-bond donors (Lipinski definition) is 1. The van der Waals surface area contributed by atoms with Crippen LogP contribution in [-0.4, -0.2) is 87.9 Å². The Labute approximate surface area is 121 Å². The highest BCUT2D eigenvalue weighted by Crippen LogP contribution is 2.08. The van der Waals surface area contributed by atoms with Crippen LogP contribution in [0.4, 0.5) is 0 Å². The Kier molecular flexibility index (Phi) is 6.22. The van der Waals surface area contributed by atoms with Gasteiger partial charge in [-0.25, -0.2) is 0 Å². The number of morpholine rings is 1. The lowest BCUT2D eigenvalue weighted by atomic mass is 10.1. The average Bonchev–Trinajstić information content (AvgIpc) is 2.39. The minimum atomic E-state index is 0.127. The van der Waals surface area contributed by atoms with E-state index in [4.69, 9.17) is 9.47 Å². The van der Waals surface area contributed by atoms with Crippen LogP contribution in [0.5, 0.6) is 0 Å². The third kappa shape index (κ3) is 5.36. The maximum atomic E-state index is 12.1. The maximum absolute atomic E-state index is 12.1. The maximum Gasteiger partial charge on any atom is 0.234 e. The zero-order valence-corrected chi connectivity index (χ0v) is 12.6. The lowest BCUT2D eigenvalue weighted by Gasteiger charge is -2.34. The highest BCUT2D eigenvalue weighted by Gasteiger charge is 2.23. The van der Waals surface area contributed by atoms with Crippen molar-refractivity contribution < 1.29 is 14.3 Å². The first kappa shape index (κ1) is 15.7. The zero-order valence-electron chi connectivity index (χ0n) is 12.6. The predicted molar refractivity (Wildman–Crippen MR) is 76.7 cm³/mol. The fraction of sp³-hybridized carbons (Fsp3) is 0.929. The number of rotatable bonds is 5. The van der Waals surface area contributed by atoms with Crippen molar-refractivity contribution in [2.45, 2.75) is 25.0 Å². The van der Waals surface area contributed by atoms with Crippen molar-refractivity contribution in [1.29, 1.82) is 0 Å². The molecule has 2 aliphatic rings. The summed E-state index contributed by atoms with van der Waals surface area (Å²) in [5.41, 5.74) is 0. The van der Waals surface area contributed by atoms with Crippen LogP contribution < -0.4 is 5.32 Å². The van der Waals surface area contributed by atoms with Crippen LogP contribution in [0.1, 0.15) is 12.8 Å². The van der Waals surface area contributed by atoms with Crippen molar-refractivity contribution in [3.8, 4) is 0 Å². The molecule has 2 saturated heterocycles. The number of hydrogen-bond acceptors (Lipinski definition) is 5. The van der Waals surface area contributed by atoms with Gasteiger partial charge in [0.05, 0.1) is 19.3 Å². The fourth-order valence-electron chi connectivity index (χ4n) is 2.76. The van der Waals surface area contributed by atoms with Crippen LogP contribution in [0.3, 0.4) is 0 Å². The van der Waals surface area contributed by atoms with Gasteiger partial charge in [0.15, 0.2) is 0 Å². The van der Waals surface area contributed by atoms with Crippen molar-refractivity contribution in [1.82, 2.24) is 15.1 Å². The van der Waals surface area contributed by atoms with E-state index in [1.165, 1.54) is 0 Å². The van der Waals surface area contributed by atoms with E-state index >= 15 is 0 Å². The van der Waals surface area contributed by atoms with E-state index in [1.54, 1.807) is 0 Å². The Bertz CT molecular complexity index is 306. The lowest BCUT2D eigenvalue weighted by molar-refractivity contribution is -0.125. The SMILES string of the molecule is CN(C)CC1CN(CC(=O)NC2CCOCC2)CCO1. The summed E-state index contributed by atoms with van der Waals surface area (Å²) in [6, 6.07) is 0.287. The minimum Gasteiger partial charge on any atom is -0.381 e. The average molecular weight is 285 g/mol. The van der Waals surface area contributed by atoms with Gasteiger partial charge in [0.1, 0.15) is 0 Å². The van der Waals surface area contributed by atoms with Crippen LogP contribution in [0.15, 0.2) is 0 Å². The molecule has 0 aromatic heterocycles. The highest BCUT2D eigenvalue weighted by molar-refractivity contribution is 5.78. The van der Waals surface area contributed by atoms with Gasteiger partial charge in [-0.3, -0.25) is 9.69 Å². The van der Waals surface area contributed by atoms with Gasteiger partial charge in [0.25, 0.3) is 0 Å². The van der Waals surface area contributed by atoms with Crippen LogP contribution in [-0.2, 0) is 14.3 Å². The van der Waals surface area contributed by atoms with Gasteiger partial charge in [-0.2, -0.15) is 0 Å². The minimum absolute atomic E-state index is 0.127. The molecule has 116 valence electrons. The molecule has 1 amide bonds. The molecule has 1 unspecified atom stereocenters. The topological polar surface area (TPSA) is 54.0 Å². The molecular formula is C14H27N3O3. The van der Waals surface area contributed by atoms with E-state index in [0.717, 1.165) is 45.7 Å². The van der Waals surface area contributed by atoms with Gasteiger partial charge in [0, 0.05) is 38.9 Å². The lowest BCUT2D eigenvalue weighted by Crippen LogP contribution is -2.51. The van der Waals surface area contributed by atoms with E-state index in [1.807, 2.05) is 14.1 Å². The summed E-state index contributed by atoms with van der Waals surface area (Å²) in [4.78, 5) is 16.4. The Balaban J connectivity index is 1.70. The third-order valence-electron chi connectivity index (χ3n) is 3.75. The van der Waals surface area contributed by atoms with E-state index < -0.39 is 0 Å². The number of likely N-dealkylation sites (N-methyl/N-ethyl adjacent to an activating group) is 1. The Morgan fingerprint density at radius 2 is 2.05 bits per heavy atom. The largest absolute Gasteiger partial charge is 0.381 e. The molecule has 20 heavy (non-hydrogen) atoms. The van der Waals surface area contributed by atoms with Crippen molar-refractivity contribution >= 4 is 5.91 Å². The van der Waals surface area contributed by atoms with Crippen molar-refractivity contribution in [2.24, 2.45) is 0 Å². The molecule has 2 rings (SSSR count). The van der Waals surface area contributed by atoms with E-state index in [0.29, 0.717) is 13.2 Å². The second-order valence-electron chi connectivity index (χ2n) is 5.94. The monoisotopic (exact) mass is 285 g/mol. The summed E-state index contributed by atoms with van der Waals surface area (Å²) in [6.07, 6.45) is 2.06. The molecule has 0 aromatic rings. The molecule has 0 aliphatic carbocycles. The smallest absolute Gasteiger partial charge is 0.234 e. The molecule has 0 bridgehead atoms. The molecule has 2 aliphatic heterocycles. The van der Waals surface area contributed by atoms with Gasteiger partial charge in [0.2, 0.25) is 5.91 Å². The van der Waals surface area contributed by atoms with Gasteiger partial charge in [-0.05, 0) is 26.9 Å². The van der Waals surface area contributed by atoms with Crippen molar-refractivity contribution in [2.75, 3.05) is 60.1 Å².